The number of hydrogen-bond acceptors (Lipinski definition) is 2. The van der Waals surface area contributed by atoms with Gasteiger partial charge in [-0.1, -0.05) is 19.1 Å². The van der Waals surface area contributed by atoms with E-state index in [1.54, 1.807) is 6.08 Å². The summed E-state index contributed by atoms with van der Waals surface area (Å²) >= 11 is 0. The molecule has 0 aromatic heterocycles. The van der Waals surface area contributed by atoms with Crippen molar-refractivity contribution in [1.29, 1.82) is 0 Å². The van der Waals surface area contributed by atoms with Crippen LogP contribution in [-0.2, 0) is 6.42 Å². The topological polar surface area (TPSA) is 40.5 Å². The molecule has 126 valence electrons. The molecule has 0 saturated heterocycles. The van der Waals surface area contributed by atoms with Crippen molar-refractivity contribution in [1.82, 2.24) is 0 Å². The predicted octanol–water partition coefficient (Wildman–Crippen LogP) is 4.80. The monoisotopic (exact) mass is 314 g/mol. The van der Waals surface area contributed by atoms with E-state index in [0.29, 0.717) is 17.6 Å². The SMILES string of the molecule is C=CC.C[C@]12CCC3c4ccc(O)cc4CC[C@H]3C1CCC2O. The fourth-order valence-electron chi connectivity index (χ4n) is 5.54. The van der Waals surface area contributed by atoms with E-state index in [0.717, 1.165) is 25.2 Å². The third-order valence-corrected chi connectivity index (χ3v) is 6.66. The van der Waals surface area contributed by atoms with Gasteiger partial charge in [0.15, 0.2) is 0 Å². The van der Waals surface area contributed by atoms with Crippen molar-refractivity contribution in [2.45, 2.75) is 64.4 Å². The van der Waals surface area contributed by atoms with Crippen molar-refractivity contribution >= 4 is 0 Å². The van der Waals surface area contributed by atoms with Crippen molar-refractivity contribution < 1.29 is 10.2 Å². The minimum Gasteiger partial charge on any atom is -0.508 e. The third-order valence-electron chi connectivity index (χ3n) is 6.66. The van der Waals surface area contributed by atoms with Crippen LogP contribution in [0.5, 0.6) is 5.75 Å². The predicted molar refractivity (Wildman–Crippen MR) is 94.6 cm³/mol. The number of hydrogen-bond donors (Lipinski definition) is 2. The van der Waals surface area contributed by atoms with E-state index >= 15 is 0 Å². The molecule has 2 saturated carbocycles. The Morgan fingerprint density at radius 3 is 2.70 bits per heavy atom. The first-order valence-electron chi connectivity index (χ1n) is 9.08. The molecule has 0 amide bonds. The molecule has 23 heavy (non-hydrogen) atoms. The molecule has 0 spiro atoms. The van der Waals surface area contributed by atoms with Crippen LogP contribution in [0, 0.1) is 17.3 Å². The summed E-state index contributed by atoms with van der Waals surface area (Å²) in [5.74, 6) is 2.49. The molecule has 2 fully saturated rings. The van der Waals surface area contributed by atoms with Gasteiger partial charge in [0.05, 0.1) is 6.10 Å². The molecule has 4 rings (SSSR count). The lowest BCUT2D eigenvalue weighted by Gasteiger charge is -2.50. The van der Waals surface area contributed by atoms with Gasteiger partial charge in [-0.3, -0.25) is 0 Å². The summed E-state index contributed by atoms with van der Waals surface area (Å²) in [5.41, 5.74) is 2.99. The Morgan fingerprint density at radius 1 is 1.22 bits per heavy atom. The molecular formula is C21H30O2. The van der Waals surface area contributed by atoms with Crippen LogP contribution in [0.2, 0.25) is 0 Å². The molecule has 3 aliphatic carbocycles. The molecule has 2 N–H and O–H groups in total. The second kappa shape index (κ2) is 6.32. The second-order valence-corrected chi connectivity index (χ2v) is 7.84. The Kier molecular flexibility index (Phi) is 4.55. The van der Waals surface area contributed by atoms with E-state index in [1.807, 2.05) is 19.1 Å². The highest BCUT2D eigenvalue weighted by Gasteiger charge is 2.54. The van der Waals surface area contributed by atoms with E-state index in [-0.39, 0.29) is 11.5 Å². The average Bonchev–Trinajstić information content (AvgIpc) is 2.83. The van der Waals surface area contributed by atoms with Gasteiger partial charge in [-0.05, 0) is 91.9 Å². The summed E-state index contributed by atoms with van der Waals surface area (Å²) in [6, 6.07) is 5.96. The van der Waals surface area contributed by atoms with Gasteiger partial charge < -0.3 is 10.2 Å². The van der Waals surface area contributed by atoms with Crippen molar-refractivity contribution in [2.75, 3.05) is 0 Å². The zero-order chi connectivity index (χ0) is 16.6. The van der Waals surface area contributed by atoms with Gasteiger partial charge in [0.2, 0.25) is 0 Å². The molecule has 1 aromatic carbocycles. The number of aromatic hydroxyl groups is 1. The van der Waals surface area contributed by atoms with Gasteiger partial charge in [0.1, 0.15) is 5.75 Å². The van der Waals surface area contributed by atoms with Crippen LogP contribution in [0.15, 0.2) is 30.9 Å². The van der Waals surface area contributed by atoms with Crippen molar-refractivity contribution in [3.8, 4) is 5.75 Å². The minimum absolute atomic E-state index is 0.0883. The van der Waals surface area contributed by atoms with Crippen LogP contribution < -0.4 is 0 Å². The summed E-state index contributed by atoms with van der Waals surface area (Å²) in [7, 11) is 0. The standard InChI is InChI=1S/C18H24O2.C3H6/c1-18-9-8-14-13-5-3-12(19)10-11(13)2-4-15(14)16(18)6-7-17(18)20;1-3-2/h3,5,10,14-17,19-20H,2,4,6-9H2,1H3;3H,1H2,2H3/t14?,15-,16?,17?,18+;/m1./s1. The third kappa shape index (κ3) is 2.71. The molecule has 0 radical (unpaired) electrons. The van der Waals surface area contributed by atoms with E-state index < -0.39 is 0 Å². The number of phenols is 1. The van der Waals surface area contributed by atoms with Gasteiger partial charge in [-0.25, -0.2) is 0 Å². The molecule has 1 aromatic rings. The summed E-state index contributed by atoms with van der Waals surface area (Å²) < 4.78 is 0. The lowest BCUT2D eigenvalue weighted by Crippen LogP contribution is -2.43. The molecule has 2 nitrogen and oxygen atoms in total. The van der Waals surface area contributed by atoms with Gasteiger partial charge in [0.25, 0.3) is 0 Å². The quantitative estimate of drug-likeness (QED) is 0.675. The Morgan fingerprint density at radius 2 is 1.96 bits per heavy atom. The van der Waals surface area contributed by atoms with Crippen molar-refractivity contribution in [3.63, 3.8) is 0 Å². The number of fused-ring (bicyclic) bond motifs is 5. The van der Waals surface area contributed by atoms with Crippen LogP contribution in [0.1, 0.15) is 63.0 Å². The molecule has 3 unspecified atom stereocenters. The number of rotatable bonds is 0. The van der Waals surface area contributed by atoms with Crippen LogP contribution in [0.25, 0.3) is 0 Å². The molecule has 0 heterocycles. The Balaban J connectivity index is 0.000000485. The van der Waals surface area contributed by atoms with Crippen LogP contribution >= 0.6 is 0 Å². The molecule has 3 aliphatic rings. The molecule has 0 bridgehead atoms. The Labute approximate surface area is 140 Å². The first-order valence-corrected chi connectivity index (χ1v) is 9.08. The largest absolute Gasteiger partial charge is 0.508 e. The van der Waals surface area contributed by atoms with E-state index in [4.69, 9.17) is 0 Å². The number of aliphatic hydroxyl groups is 1. The number of allylic oxidation sites excluding steroid dienone is 1. The van der Waals surface area contributed by atoms with Crippen LogP contribution in [-0.4, -0.2) is 16.3 Å². The van der Waals surface area contributed by atoms with E-state index in [1.165, 1.54) is 30.4 Å². The summed E-state index contributed by atoms with van der Waals surface area (Å²) in [5, 5.41) is 20.0. The first kappa shape index (κ1) is 16.6. The van der Waals surface area contributed by atoms with Crippen LogP contribution in [0.4, 0.5) is 0 Å². The molecule has 0 aliphatic heterocycles. The zero-order valence-electron chi connectivity index (χ0n) is 14.5. The fraction of sp³-hybridized carbons (Fsp3) is 0.619. The lowest BCUT2D eigenvalue weighted by molar-refractivity contribution is -0.0226. The number of benzene rings is 1. The molecular weight excluding hydrogens is 284 g/mol. The van der Waals surface area contributed by atoms with Gasteiger partial charge >= 0.3 is 0 Å². The zero-order valence-corrected chi connectivity index (χ0v) is 14.5. The second-order valence-electron chi connectivity index (χ2n) is 7.84. The number of aliphatic hydroxyl groups excluding tert-OH is 1. The van der Waals surface area contributed by atoms with E-state index in [9.17, 15) is 10.2 Å². The molecule has 5 atom stereocenters. The number of aryl methyl sites for hydroxylation is 1. The lowest BCUT2D eigenvalue weighted by atomic mass is 9.55. The van der Waals surface area contributed by atoms with E-state index in [2.05, 4.69) is 19.6 Å². The normalized spacial score (nSPS) is 37.7. The molecule has 2 heteroatoms. The maximum absolute atomic E-state index is 10.4. The van der Waals surface area contributed by atoms with Crippen molar-refractivity contribution in [2.24, 2.45) is 17.3 Å². The summed E-state index contributed by atoms with van der Waals surface area (Å²) in [6.07, 6.45) is 8.53. The van der Waals surface area contributed by atoms with Gasteiger partial charge in [0, 0.05) is 0 Å². The minimum atomic E-state index is -0.0883. The maximum atomic E-state index is 10.4. The fourth-order valence-corrected chi connectivity index (χ4v) is 5.54. The summed E-state index contributed by atoms with van der Waals surface area (Å²) in [6.45, 7) is 7.57. The first-order chi connectivity index (χ1) is 11.0. The van der Waals surface area contributed by atoms with Crippen LogP contribution in [0.3, 0.4) is 0 Å². The smallest absolute Gasteiger partial charge is 0.115 e. The Hall–Kier alpha value is -1.28. The van der Waals surface area contributed by atoms with Gasteiger partial charge in [-0.15, -0.1) is 6.58 Å². The highest BCUT2D eigenvalue weighted by Crippen LogP contribution is 2.60. The van der Waals surface area contributed by atoms with Gasteiger partial charge in [-0.2, -0.15) is 0 Å². The number of phenolic OH excluding ortho intramolecular Hbond substituents is 1. The maximum Gasteiger partial charge on any atom is 0.115 e. The summed E-state index contributed by atoms with van der Waals surface area (Å²) in [4.78, 5) is 0. The Bertz CT molecular complexity index is 579. The van der Waals surface area contributed by atoms with Crippen molar-refractivity contribution in [3.05, 3.63) is 42.0 Å². The average molecular weight is 314 g/mol. The highest BCUT2D eigenvalue weighted by atomic mass is 16.3. The highest BCUT2D eigenvalue weighted by molar-refractivity contribution is 5.40.